The van der Waals surface area contributed by atoms with E-state index < -0.39 is 0 Å². The minimum Gasteiger partial charge on any atom is -0.508 e. The highest BCUT2D eigenvalue weighted by Gasteiger charge is 2.10. The number of anilines is 1. The molecule has 25 heavy (non-hydrogen) atoms. The first kappa shape index (κ1) is 16.6. The van der Waals surface area contributed by atoms with Gasteiger partial charge in [-0.3, -0.25) is 4.79 Å². The summed E-state index contributed by atoms with van der Waals surface area (Å²) in [6.07, 6.45) is 4.34. The van der Waals surface area contributed by atoms with Crippen LogP contribution >= 0.6 is 0 Å². The van der Waals surface area contributed by atoms with Crippen LogP contribution in [0, 0.1) is 0 Å². The van der Waals surface area contributed by atoms with Crippen LogP contribution in [0.2, 0.25) is 0 Å². The summed E-state index contributed by atoms with van der Waals surface area (Å²) in [5.74, 6) is 0.120. The molecular formula is C20H21N3O2. The summed E-state index contributed by atoms with van der Waals surface area (Å²) in [5.41, 5.74) is 3.43. The molecule has 0 saturated carbocycles. The fourth-order valence-corrected chi connectivity index (χ4v) is 2.80. The van der Waals surface area contributed by atoms with E-state index in [0.29, 0.717) is 25.1 Å². The number of aromatic nitrogens is 1. The van der Waals surface area contributed by atoms with Crippen LogP contribution < -0.4 is 10.6 Å². The second-order valence-corrected chi connectivity index (χ2v) is 5.76. The van der Waals surface area contributed by atoms with E-state index in [2.05, 4.69) is 22.2 Å². The number of aromatic hydroxyl groups is 1. The van der Waals surface area contributed by atoms with E-state index in [-0.39, 0.29) is 11.7 Å². The summed E-state index contributed by atoms with van der Waals surface area (Å²) in [4.78, 5) is 15.6. The average Bonchev–Trinajstić information content (AvgIpc) is 3.02. The van der Waals surface area contributed by atoms with Crippen molar-refractivity contribution in [1.29, 1.82) is 0 Å². The number of nitrogens with one attached hydrogen (secondary N) is 3. The number of rotatable bonds is 7. The molecule has 0 bridgehead atoms. The molecule has 1 aromatic heterocycles. The van der Waals surface area contributed by atoms with Crippen molar-refractivity contribution in [2.75, 3.05) is 18.4 Å². The van der Waals surface area contributed by atoms with Crippen molar-refractivity contribution in [3.63, 3.8) is 0 Å². The first-order valence-corrected chi connectivity index (χ1v) is 8.20. The Bertz CT molecular complexity index is 899. The largest absolute Gasteiger partial charge is 0.508 e. The van der Waals surface area contributed by atoms with Crippen LogP contribution in [0.25, 0.3) is 10.9 Å². The zero-order chi connectivity index (χ0) is 17.6. The van der Waals surface area contributed by atoms with Crippen molar-refractivity contribution in [3.8, 4) is 5.75 Å². The highest BCUT2D eigenvalue weighted by Crippen LogP contribution is 2.23. The molecule has 0 unspecified atom stereocenters. The normalized spacial score (nSPS) is 10.6. The van der Waals surface area contributed by atoms with E-state index in [1.54, 1.807) is 24.3 Å². The van der Waals surface area contributed by atoms with Gasteiger partial charge in [0.05, 0.1) is 5.56 Å². The van der Waals surface area contributed by atoms with Crippen molar-refractivity contribution >= 4 is 22.5 Å². The molecule has 0 radical (unpaired) electrons. The van der Waals surface area contributed by atoms with Gasteiger partial charge in [0.1, 0.15) is 5.75 Å². The third-order valence-corrected chi connectivity index (χ3v) is 4.04. The van der Waals surface area contributed by atoms with E-state index in [1.165, 1.54) is 0 Å². The molecule has 0 atom stereocenters. The van der Waals surface area contributed by atoms with Crippen molar-refractivity contribution < 1.29 is 9.90 Å². The van der Waals surface area contributed by atoms with Crippen LogP contribution in [0.4, 0.5) is 5.69 Å². The molecule has 3 aromatic rings. The molecule has 0 aliphatic heterocycles. The van der Waals surface area contributed by atoms with Crippen molar-refractivity contribution in [1.82, 2.24) is 10.3 Å². The quantitative estimate of drug-likeness (QED) is 0.500. The molecule has 0 fully saturated rings. The van der Waals surface area contributed by atoms with Crippen LogP contribution in [0.5, 0.6) is 5.75 Å². The fraction of sp³-hybridized carbons (Fsp3) is 0.150. The number of fused-ring (bicyclic) bond motifs is 1. The van der Waals surface area contributed by atoms with Gasteiger partial charge in [0.25, 0.3) is 5.91 Å². The lowest BCUT2D eigenvalue weighted by molar-refractivity contribution is 0.0955. The molecule has 1 heterocycles. The van der Waals surface area contributed by atoms with E-state index in [0.717, 1.165) is 22.2 Å². The van der Waals surface area contributed by atoms with E-state index in [1.807, 2.05) is 30.5 Å². The summed E-state index contributed by atoms with van der Waals surface area (Å²) in [5, 5.41) is 16.7. The Labute approximate surface area is 146 Å². The van der Waals surface area contributed by atoms with Gasteiger partial charge in [-0.05, 0) is 42.3 Å². The zero-order valence-electron chi connectivity index (χ0n) is 13.9. The summed E-state index contributed by atoms with van der Waals surface area (Å²) >= 11 is 0. The molecule has 1 amide bonds. The number of aromatic amines is 1. The lowest BCUT2D eigenvalue weighted by Crippen LogP contribution is -2.26. The molecule has 5 heteroatoms. The highest BCUT2D eigenvalue weighted by molar-refractivity contribution is 5.99. The molecule has 2 aromatic carbocycles. The summed E-state index contributed by atoms with van der Waals surface area (Å²) in [6, 6.07) is 12.6. The fourth-order valence-electron chi connectivity index (χ4n) is 2.80. The first-order valence-electron chi connectivity index (χ1n) is 8.20. The van der Waals surface area contributed by atoms with Crippen molar-refractivity contribution in [2.45, 2.75) is 6.42 Å². The van der Waals surface area contributed by atoms with Crippen molar-refractivity contribution in [2.24, 2.45) is 0 Å². The topological polar surface area (TPSA) is 77.2 Å². The van der Waals surface area contributed by atoms with Gasteiger partial charge < -0.3 is 20.7 Å². The van der Waals surface area contributed by atoms with Crippen LogP contribution in [-0.4, -0.2) is 29.1 Å². The second-order valence-electron chi connectivity index (χ2n) is 5.76. The molecule has 0 aliphatic carbocycles. The molecular weight excluding hydrogens is 314 g/mol. The lowest BCUT2D eigenvalue weighted by Gasteiger charge is -2.11. The number of hydrogen-bond acceptors (Lipinski definition) is 3. The molecule has 0 saturated heterocycles. The Kier molecular flexibility index (Phi) is 5.04. The third kappa shape index (κ3) is 3.83. The highest BCUT2D eigenvalue weighted by atomic mass is 16.3. The summed E-state index contributed by atoms with van der Waals surface area (Å²) in [7, 11) is 0. The lowest BCUT2D eigenvalue weighted by atomic mass is 10.1. The Morgan fingerprint density at radius 2 is 2.08 bits per heavy atom. The molecule has 0 spiro atoms. The van der Waals surface area contributed by atoms with Gasteiger partial charge in [-0.1, -0.05) is 18.2 Å². The average molecular weight is 335 g/mol. The maximum absolute atomic E-state index is 12.5. The Balaban J connectivity index is 1.64. The van der Waals surface area contributed by atoms with E-state index in [9.17, 15) is 9.90 Å². The number of H-pyrrole nitrogens is 1. The molecule has 0 aliphatic rings. The van der Waals surface area contributed by atoms with Gasteiger partial charge in [0, 0.05) is 35.9 Å². The predicted molar refractivity (Wildman–Crippen MR) is 101 cm³/mol. The Morgan fingerprint density at radius 3 is 2.92 bits per heavy atom. The number of amides is 1. The zero-order valence-corrected chi connectivity index (χ0v) is 13.9. The van der Waals surface area contributed by atoms with Crippen LogP contribution in [-0.2, 0) is 6.42 Å². The standard InChI is InChI=1S/C20H21N3O2/c1-2-10-21-18-6-4-3-5-16(18)20(25)22-11-9-14-13-23-19-8-7-15(24)12-17(14)19/h2-8,12-13,21,23-24H,1,9-11H2,(H,22,25). The smallest absolute Gasteiger partial charge is 0.253 e. The third-order valence-electron chi connectivity index (χ3n) is 4.04. The number of phenolic OH excluding ortho intramolecular Hbond substituents is 1. The SMILES string of the molecule is C=CCNc1ccccc1C(=O)NCCc1c[nH]c2ccc(O)cc12. The van der Waals surface area contributed by atoms with Gasteiger partial charge >= 0.3 is 0 Å². The van der Waals surface area contributed by atoms with Gasteiger partial charge in [0.15, 0.2) is 0 Å². The summed E-state index contributed by atoms with van der Waals surface area (Å²) in [6.45, 7) is 4.79. The molecule has 4 N–H and O–H groups in total. The van der Waals surface area contributed by atoms with Gasteiger partial charge in [-0.2, -0.15) is 0 Å². The Morgan fingerprint density at radius 1 is 1.24 bits per heavy atom. The van der Waals surface area contributed by atoms with Crippen LogP contribution in [0.1, 0.15) is 15.9 Å². The maximum atomic E-state index is 12.5. The van der Waals surface area contributed by atoms with Gasteiger partial charge in [0.2, 0.25) is 0 Å². The predicted octanol–water partition coefficient (Wildman–Crippen LogP) is 3.44. The maximum Gasteiger partial charge on any atom is 0.253 e. The van der Waals surface area contributed by atoms with Gasteiger partial charge in [-0.15, -0.1) is 6.58 Å². The van der Waals surface area contributed by atoms with Crippen molar-refractivity contribution in [3.05, 3.63) is 72.4 Å². The number of phenols is 1. The number of carbonyl (C=O) groups excluding carboxylic acids is 1. The van der Waals surface area contributed by atoms with Gasteiger partial charge in [-0.25, -0.2) is 0 Å². The number of carbonyl (C=O) groups is 1. The summed E-state index contributed by atoms with van der Waals surface area (Å²) < 4.78 is 0. The minimum absolute atomic E-state index is 0.116. The van der Waals surface area contributed by atoms with E-state index in [4.69, 9.17) is 0 Å². The number of hydrogen-bond donors (Lipinski definition) is 4. The molecule has 3 rings (SSSR count). The first-order chi connectivity index (χ1) is 12.2. The molecule has 128 valence electrons. The molecule has 5 nitrogen and oxygen atoms in total. The Hall–Kier alpha value is -3.21. The number of benzene rings is 2. The second kappa shape index (κ2) is 7.57. The number of para-hydroxylation sites is 1. The van der Waals surface area contributed by atoms with E-state index >= 15 is 0 Å². The van der Waals surface area contributed by atoms with Crippen LogP contribution in [0.15, 0.2) is 61.3 Å². The monoisotopic (exact) mass is 335 g/mol. The van der Waals surface area contributed by atoms with Crippen LogP contribution in [0.3, 0.4) is 0 Å². The minimum atomic E-state index is -0.116.